The molecule has 0 unspecified atom stereocenters. The van der Waals surface area contributed by atoms with Crippen LogP contribution in [0.2, 0.25) is 0 Å². The van der Waals surface area contributed by atoms with Crippen molar-refractivity contribution in [2.75, 3.05) is 19.7 Å². The van der Waals surface area contributed by atoms with Crippen LogP contribution in [0.1, 0.15) is 17.0 Å². The summed E-state index contributed by atoms with van der Waals surface area (Å²) >= 11 is 0. The van der Waals surface area contributed by atoms with Crippen LogP contribution in [0.25, 0.3) is 0 Å². The van der Waals surface area contributed by atoms with Crippen molar-refractivity contribution < 1.29 is 4.74 Å². The zero-order chi connectivity index (χ0) is 13.6. The van der Waals surface area contributed by atoms with Crippen LogP contribution in [0, 0.1) is 0 Å². The van der Waals surface area contributed by atoms with Crippen LogP contribution >= 0.6 is 0 Å². The van der Waals surface area contributed by atoms with Gasteiger partial charge < -0.3 is 10.1 Å². The number of benzene rings is 2. The van der Waals surface area contributed by atoms with Gasteiger partial charge >= 0.3 is 0 Å². The topological polar surface area (TPSA) is 21.3 Å². The Morgan fingerprint density at radius 3 is 2.40 bits per heavy atom. The van der Waals surface area contributed by atoms with Crippen molar-refractivity contribution in [1.29, 1.82) is 0 Å². The van der Waals surface area contributed by atoms with Gasteiger partial charge in [-0.15, -0.1) is 0 Å². The van der Waals surface area contributed by atoms with Gasteiger partial charge in [-0.05, 0) is 17.5 Å². The van der Waals surface area contributed by atoms with E-state index in [0.29, 0.717) is 5.92 Å². The molecule has 2 aromatic carbocycles. The Bertz CT molecular complexity index is 511. The molecular weight excluding hydrogens is 246 g/mol. The minimum atomic E-state index is 0.245. The third-order valence-corrected chi connectivity index (χ3v) is 3.93. The summed E-state index contributed by atoms with van der Waals surface area (Å²) in [6, 6.07) is 21.3. The third-order valence-electron chi connectivity index (χ3n) is 3.93. The van der Waals surface area contributed by atoms with E-state index in [9.17, 15) is 0 Å². The highest BCUT2D eigenvalue weighted by atomic mass is 16.5. The lowest BCUT2D eigenvalue weighted by atomic mass is 9.89. The smallest absolute Gasteiger partial charge is 0.0696 e. The summed E-state index contributed by atoms with van der Waals surface area (Å²) in [4.78, 5) is 0. The van der Waals surface area contributed by atoms with Crippen molar-refractivity contribution in [1.82, 2.24) is 5.32 Å². The Labute approximate surface area is 120 Å². The highest BCUT2D eigenvalue weighted by Gasteiger charge is 2.25. The molecule has 0 spiro atoms. The number of nitrogens with one attached hydrogen (secondary N) is 1. The lowest BCUT2D eigenvalue weighted by Gasteiger charge is -2.25. The fraction of sp³-hybridized carbons (Fsp3) is 0.333. The first-order valence-electron chi connectivity index (χ1n) is 7.34. The van der Waals surface area contributed by atoms with Crippen LogP contribution in [-0.2, 0) is 11.2 Å². The molecule has 0 bridgehead atoms. The maximum Gasteiger partial charge on any atom is 0.0696 e. The predicted molar refractivity (Wildman–Crippen MR) is 81.9 cm³/mol. The largest absolute Gasteiger partial charge is 0.376 e. The Morgan fingerprint density at radius 1 is 0.950 bits per heavy atom. The molecule has 1 aliphatic heterocycles. The lowest BCUT2D eigenvalue weighted by Crippen LogP contribution is -2.28. The van der Waals surface area contributed by atoms with Crippen molar-refractivity contribution in [2.45, 2.75) is 18.4 Å². The summed E-state index contributed by atoms with van der Waals surface area (Å²) in [6.07, 6.45) is 1.22. The predicted octanol–water partition coefficient (Wildman–Crippen LogP) is 3.00. The molecule has 1 saturated heterocycles. The molecule has 2 heteroatoms. The Kier molecular flexibility index (Phi) is 4.46. The Morgan fingerprint density at radius 2 is 1.65 bits per heavy atom. The zero-order valence-electron chi connectivity index (χ0n) is 11.7. The van der Waals surface area contributed by atoms with E-state index in [2.05, 4.69) is 66.0 Å². The fourth-order valence-corrected chi connectivity index (χ4v) is 2.87. The minimum Gasteiger partial charge on any atom is -0.376 e. The van der Waals surface area contributed by atoms with E-state index in [1.54, 1.807) is 0 Å². The van der Waals surface area contributed by atoms with E-state index < -0.39 is 0 Å². The molecule has 104 valence electrons. The number of hydrogen-bond acceptors (Lipinski definition) is 2. The highest BCUT2D eigenvalue weighted by molar-refractivity contribution is 5.24. The maximum atomic E-state index is 6.11. The summed E-state index contributed by atoms with van der Waals surface area (Å²) < 4.78 is 6.11. The van der Waals surface area contributed by atoms with Crippen LogP contribution in [0.5, 0.6) is 0 Å². The summed E-state index contributed by atoms with van der Waals surface area (Å²) in [5.41, 5.74) is 2.71. The first-order chi connectivity index (χ1) is 9.93. The van der Waals surface area contributed by atoms with Gasteiger partial charge in [-0.2, -0.15) is 0 Å². The molecule has 0 aliphatic carbocycles. The van der Waals surface area contributed by atoms with Crippen molar-refractivity contribution in [2.24, 2.45) is 0 Å². The van der Waals surface area contributed by atoms with Gasteiger partial charge in [0.25, 0.3) is 0 Å². The molecule has 0 radical (unpaired) electrons. The molecule has 1 fully saturated rings. The second-order valence-electron chi connectivity index (χ2n) is 5.32. The molecule has 2 nitrogen and oxygen atoms in total. The first kappa shape index (κ1) is 13.3. The summed E-state index contributed by atoms with van der Waals surface area (Å²) in [6.45, 7) is 2.72. The number of rotatable bonds is 3. The molecule has 2 aromatic rings. The van der Waals surface area contributed by atoms with Crippen molar-refractivity contribution in [3.63, 3.8) is 0 Å². The second-order valence-corrected chi connectivity index (χ2v) is 5.32. The van der Waals surface area contributed by atoms with Gasteiger partial charge in [0.1, 0.15) is 0 Å². The molecule has 0 saturated carbocycles. The Hall–Kier alpha value is -1.64. The molecule has 1 N–H and O–H groups in total. The lowest BCUT2D eigenvalue weighted by molar-refractivity contribution is 0.0526. The van der Waals surface area contributed by atoms with E-state index in [1.165, 1.54) is 11.1 Å². The van der Waals surface area contributed by atoms with Crippen LogP contribution in [0.15, 0.2) is 60.7 Å². The molecule has 1 heterocycles. The van der Waals surface area contributed by atoms with Gasteiger partial charge in [0.15, 0.2) is 0 Å². The first-order valence-corrected chi connectivity index (χ1v) is 7.34. The Balaban J connectivity index is 1.81. The average Bonchev–Trinajstić information content (AvgIpc) is 2.75. The van der Waals surface area contributed by atoms with Crippen LogP contribution in [0.3, 0.4) is 0 Å². The van der Waals surface area contributed by atoms with Gasteiger partial charge in [0.2, 0.25) is 0 Å². The standard InChI is InChI=1S/C18H21NO/c1-3-7-15(8-4-1)13-18-17(14-19-11-12-20-18)16-9-5-2-6-10-16/h1-10,17-19H,11-14H2/t17-,18+/m0/s1. The van der Waals surface area contributed by atoms with Gasteiger partial charge in [-0.1, -0.05) is 60.7 Å². The van der Waals surface area contributed by atoms with Gasteiger partial charge in [-0.25, -0.2) is 0 Å². The van der Waals surface area contributed by atoms with Crippen molar-refractivity contribution >= 4 is 0 Å². The average molecular weight is 267 g/mol. The van der Waals surface area contributed by atoms with Crippen LogP contribution in [0.4, 0.5) is 0 Å². The number of ether oxygens (including phenoxy) is 1. The SMILES string of the molecule is c1ccc(C[C@H]2OCCNC[C@H]2c2ccccc2)cc1. The molecule has 3 rings (SSSR count). The van der Waals surface area contributed by atoms with E-state index in [-0.39, 0.29) is 6.10 Å². The molecule has 2 atom stereocenters. The van der Waals surface area contributed by atoms with Crippen LogP contribution < -0.4 is 5.32 Å². The zero-order valence-corrected chi connectivity index (χ0v) is 11.7. The molecular formula is C18H21NO. The van der Waals surface area contributed by atoms with Gasteiger partial charge in [0, 0.05) is 19.0 Å². The normalized spacial score (nSPS) is 23.2. The molecule has 1 aliphatic rings. The fourth-order valence-electron chi connectivity index (χ4n) is 2.87. The van der Waals surface area contributed by atoms with Gasteiger partial charge in [0.05, 0.1) is 12.7 Å². The molecule has 0 aromatic heterocycles. The van der Waals surface area contributed by atoms with Crippen molar-refractivity contribution in [3.05, 3.63) is 71.8 Å². The quantitative estimate of drug-likeness (QED) is 0.923. The summed E-state index contributed by atoms with van der Waals surface area (Å²) in [5.74, 6) is 0.416. The van der Waals surface area contributed by atoms with Crippen LogP contribution in [-0.4, -0.2) is 25.8 Å². The minimum absolute atomic E-state index is 0.245. The maximum absolute atomic E-state index is 6.11. The molecule has 20 heavy (non-hydrogen) atoms. The van der Waals surface area contributed by atoms with Crippen molar-refractivity contribution in [3.8, 4) is 0 Å². The second kappa shape index (κ2) is 6.69. The molecule has 0 amide bonds. The third kappa shape index (κ3) is 3.27. The monoisotopic (exact) mass is 267 g/mol. The summed E-state index contributed by atoms with van der Waals surface area (Å²) in [7, 11) is 0. The van der Waals surface area contributed by atoms with E-state index in [0.717, 1.165) is 26.1 Å². The van der Waals surface area contributed by atoms with E-state index in [1.807, 2.05) is 0 Å². The highest BCUT2D eigenvalue weighted by Crippen LogP contribution is 2.25. The van der Waals surface area contributed by atoms with E-state index >= 15 is 0 Å². The summed E-state index contributed by atoms with van der Waals surface area (Å²) in [5, 5.41) is 3.49. The van der Waals surface area contributed by atoms with E-state index in [4.69, 9.17) is 4.74 Å². The van der Waals surface area contributed by atoms with Gasteiger partial charge in [-0.3, -0.25) is 0 Å². The number of hydrogen-bond donors (Lipinski definition) is 1.